The highest BCUT2D eigenvalue weighted by molar-refractivity contribution is 5.86. The maximum Gasteiger partial charge on any atom is 0.573 e. The molecule has 0 aromatic heterocycles. The highest BCUT2D eigenvalue weighted by atomic mass is 19.4. The average Bonchev–Trinajstić information content (AvgIpc) is 2.24. The minimum absolute atomic E-state index is 0.169. The number of benzene rings is 1. The maximum atomic E-state index is 12.1. The molecule has 0 saturated heterocycles. The van der Waals surface area contributed by atoms with Gasteiger partial charge in [-0.3, -0.25) is 4.79 Å². The molecule has 0 aliphatic heterocycles. The number of alkyl halides is 3. The van der Waals surface area contributed by atoms with E-state index in [1.54, 1.807) is 0 Å². The fourth-order valence-corrected chi connectivity index (χ4v) is 1.13. The summed E-state index contributed by atoms with van der Waals surface area (Å²) < 4.78 is 39.8. The summed E-state index contributed by atoms with van der Waals surface area (Å²) in [5.74, 6) is -1.92. The van der Waals surface area contributed by atoms with Crippen molar-refractivity contribution in [3.8, 4) is 5.75 Å². The van der Waals surface area contributed by atoms with Crippen LogP contribution in [-0.4, -0.2) is 23.7 Å². The summed E-state index contributed by atoms with van der Waals surface area (Å²) in [5.41, 5.74) is -0.109. The molecule has 4 nitrogen and oxygen atoms in total. The summed E-state index contributed by atoms with van der Waals surface area (Å²) in [6.45, 7) is 0. The molecule has 0 fully saturated rings. The molecule has 0 saturated carbocycles. The molecule has 0 radical (unpaired) electrons. The SMILES string of the molecule is O=Cc1ccc(/C=C/C(=O)O)cc1OC(F)(F)F. The Morgan fingerprint density at radius 3 is 2.50 bits per heavy atom. The largest absolute Gasteiger partial charge is 0.573 e. The molecule has 1 rings (SSSR count). The lowest BCUT2D eigenvalue weighted by atomic mass is 10.1. The smallest absolute Gasteiger partial charge is 0.478 e. The van der Waals surface area contributed by atoms with E-state index >= 15 is 0 Å². The normalized spacial score (nSPS) is 11.5. The third kappa shape index (κ3) is 4.28. The molecule has 0 bridgehead atoms. The fraction of sp³-hybridized carbons (Fsp3) is 0.0909. The molecule has 1 N–H and O–H groups in total. The van der Waals surface area contributed by atoms with Crippen molar-refractivity contribution in [2.75, 3.05) is 0 Å². The highest BCUT2D eigenvalue weighted by Gasteiger charge is 2.32. The summed E-state index contributed by atoms with van der Waals surface area (Å²) in [5, 5.41) is 8.38. The zero-order valence-electron chi connectivity index (χ0n) is 8.77. The fourth-order valence-electron chi connectivity index (χ4n) is 1.13. The molecule has 0 aliphatic carbocycles. The van der Waals surface area contributed by atoms with Crippen LogP contribution in [0.5, 0.6) is 5.75 Å². The summed E-state index contributed by atoms with van der Waals surface area (Å²) in [6.07, 6.45) is -2.87. The molecule has 0 heterocycles. The molecule has 7 heteroatoms. The topological polar surface area (TPSA) is 63.6 Å². The first kappa shape index (κ1) is 13.8. The number of hydrogen-bond acceptors (Lipinski definition) is 3. The molecular weight excluding hydrogens is 253 g/mol. The summed E-state index contributed by atoms with van der Waals surface area (Å²) in [4.78, 5) is 20.8. The summed E-state index contributed by atoms with van der Waals surface area (Å²) in [7, 11) is 0. The van der Waals surface area contributed by atoms with E-state index in [0.29, 0.717) is 0 Å². The third-order valence-electron chi connectivity index (χ3n) is 1.81. The number of halogens is 3. The number of aliphatic carboxylic acids is 1. The van der Waals surface area contributed by atoms with E-state index in [1.165, 1.54) is 6.07 Å². The zero-order valence-corrected chi connectivity index (χ0v) is 8.77. The first-order valence-electron chi connectivity index (χ1n) is 4.58. The lowest BCUT2D eigenvalue weighted by Gasteiger charge is -2.11. The quantitative estimate of drug-likeness (QED) is 0.667. The van der Waals surface area contributed by atoms with Crippen molar-refractivity contribution in [2.45, 2.75) is 6.36 Å². The van der Waals surface area contributed by atoms with Crippen LogP contribution >= 0.6 is 0 Å². The lowest BCUT2D eigenvalue weighted by molar-refractivity contribution is -0.274. The van der Waals surface area contributed by atoms with Crippen LogP contribution in [0.1, 0.15) is 15.9 Å². The Kier molecular flexibility index (Phi) is 4.09. The van der Waals surface area contributed by atoms with Gasteiger partial charge in [0.1, 0.15) is 5.75 Å². The van der Waals surface area contributed by atoms with Crippen molar-refractivity contribution in [2.24, 2.45) is 0 Å². The average molecular weight is 260 g/mol. The van der Waals surface area contributed by atoms with E-state index in [0.717, 1.165) is 24.3 Å². The van der Waals surface area contributed by atoms with Crippen LogP contribution in [0.2, 0.25) is 0 Å². The van der Waals surface area contributed by atoms with Crippen molar-refractivity contribution < 1.29 is 32.6 Å². The van der Waals surface area contributed by atoms with Gasteiger partial charge in [0, 0.05) is 6.08 Å². The van der Waals surface area contributed by atoms with Crippen LogP contribution in [0.25, 0.3) is 6.08 Å². The van der Waals surface area contributed by atoms with Crippen LogP contribution in [0, 0.1) is 0 Å². The van der Waals surface area contributed by atoms with Gasteiger partial charge in [-0.2, -0.15) is 0 Å². The first-order valence-corrected chi connectivity index (χ1v) is 4.58. The molecule has 18 heavy (non-hydrogen) atoms. The molecule has 0 aliphatic rings. The Morgan fingerprint density at radius 2 is 2.00 bits per heavy atom. The Balaban J connectivity index is 3.09. The van der Waals surface area contributed by atoms with E-state index in [-0.39, 0.29) is 17.4 Å². The van der Waals surface area contributed by atoms with Gasteiger partial charge in [-0.15, -0.1) is 13.2 Å². The Labute approximate surface area is 99.3 Å². The lowest BCUT2D eigenvalue weighted by Crippen LogP contribution is -2.18. The number of carbonyl (C=O) groups excluding carboxylic acids is 1. The van der Waals surface area contributed by atoms with Gasteiger partial charge in [0.05, 0.1) is 5.56 Å². The molecule has 0 spiro atoms. The van der Waals surface area contributed by atoms with Crippen LogP contribution in [0.4, 0.5) is 13.2 Å². The number of aldehydes is 1. The standard InChI is InChI=1S/C11H7F3O4/c12-11(13,14)18-9-5-7(2-4-10(16)17)1-3-8(9)6-15/h1-6H,(H,16,17)/b4-2+. The second kappa shape index (κ2) is 5.35. The predicted octanol–water partition coefficient (Wildman–Crippen LogP) is 2.50. The minimum Gasteiger partial charge on any atom is -0.478 e. The van der Waals surface area contributed by atoms with Crippen molar-refractivity contribution in [3.63, 3.8) is 0 Å². The molecule has 96 valence electrons. The van der Waals surface area contributed by atoms with Crippen molar-refractivity contribution in [1.82, 2.24) is 0 Å². The number of carboxylic acids is 1. The van der Waals surface area contributed by atoms with E-state index in [9.17, 15) is 22.8 Å². The van der Waals surface area contributed by atoms with Gasteiger partial charge in [0.15, 0.2) is 6.29 Å². The first-order chi connectivity index (χ1) is 8.31. The minimum atomic E-state index is -4.92. The van der Waals surface area contributed by atoms with Crippen molar-refractivity contribution in [3.05, 3.63) is 35.4 Å². The molecule has 1 aromatic carbocycles. The van der Waals surface area contributed by atoms with Crippen LogP contribution in [0.3, 0.4) is 0 Å². The summed E-state index contributed by atoms with van der Waals surface area (Å²) >= 11 is 0. The van der Waals surface area contributed by atoms with E-state index in [2.05, 4.69) is 4.74 Å². The van der Waals surface area contributed by atoms with Gasteiger partial charge in [-0.1, -0.05) is 6.07 Å². The van der Waals surface area contributed by atoms with E-state index < -0.39 is 18.1 Å². The Morgan fingerprint density at radius 1 is 1.33 bits per heavy atom. The molecule has 0 amide bonds. The molecule has 1 aromatic rings. The van der Waals surface area contributed by atoms with Crippen LogP contribution in [-0.2, 0) is 4.79 Å². The Hall–Kier alpha value is -2.31. The highest BCUT2D eigenvalue weighted by Crippen LogP contribution is 2.27. The molecule has 0 atom stereocenters. The van der Waals surface area contributed by atoms with Gasteiger partial charge in [-0.25, -0.2) is 4.79 Å². The molecule has 0 unspecified atom stereocenters. The maximum absolute atomic E-state index is 12.1. The monoisotopic (exact) mass is 260 g/mol. The number of carboxylic acid groups (broad SMARTS) is 1. The van der Waals surface area contributed by atoms with Crippen LogP contribution < -0.4 is 4.74 Å². The number of hydrogen-bond donors (Lipinski definition) is 1. The number of carbonyl (C=O) groups is 2. The van der Waals surface area contributed by atoms with Gasteiger partial charge in [0.2, 0.25) is 0 Å². The van der Waals surface area contributed by atoms with Gasteiger partial charge >= 0.3 is 12.3 Å². The third-order valence-corrected chi connectivity index (χ3v) is 1.81. The van der Waals surface area contributed by atoms with Crippen molar-refractivity contribution in [1.29, 1.82) is 0 Å². The second-order valence-electron chi connectivity index (χ2n) is 3.13. The second-order valence-corrected chi connectivity index (χ2v) is 3.13. The van der Waals surface area contributed by atoms with Crippen molar-refractivity contribution >= 4 is 18.3 Å². The van der Waals surface area contributed by atoms with Gasteiger partial charge in [0.25, 0.3) is 0 Å². The Bertz CT molecular complexity index is 492. The number of rotatable bonds is 4. The van der Waals surface area contributed by atoms with Crippen LogP contribution in [0.15, 0.2) is 24.3 Å². The van der Waals surface area contributed by atoms with E-state index in [4.69, 9.17) is 5.11 Å². The number of ether oxygens (including phenoxy) is 1. The van der Waals surface area contributed by atoms with E-state index in [1.807, 2.05) is 0 Å². The van der Waals surface area contributed by atoms with Gasteiger partial charge < -0.3 is 9.84 Å². The zero-order chi connectivity index (χ0) is 13.8. The molecular formula is C11H7F3O4. The summed E-state index contributed by atoms with van der Waals surface area (Å²) in [6, 6.07) is 3.33. The predicted molar refractivity (Wildman–Crippen MR) is 55.2 cm³/mol. The van der Waals surface area contributed by atoms with Gasteiger partial charge in [-0.05, 0) is 23.8 Å².